The lowest BCUT2D eigenvalue weighted by Gasteiger charge is -2.21. The van der Waals surface area contributed by atoms with Crippen LogP contribution in [0.1, 0.15) is 29.1 Å². The molecule has 1 aromatic rings. The molecule has 3 heteroatoms. The van der Waals surface area contributed by atoms with Crippen LogP contribution in [0.4, 0.5) is 0 Å². The van der Waals surface area contributed by atoms with Gasteiger partial charge in [0.05, 0.1) is 6.10 Å². The van der Waals surface area contributed by atoms with Gasteiger partial charge in [-0.3, -0.25) is 0 Å². The Hall–Kier alpha value is -0.570. The van der Waals surface area contributed by atoms with E-state index in [0.29, 0.717) is 6.42 Å². The highest BCUT2D eigenvalue weighted by molar-refractivity contribution is 5.85. The van der Waals surface area contributed by atoms with Crippen molar-refractivity contribution in [1.29, 1.82) is 0 Å². The zero-order valence-corrected chi connectivity index (χ0v) is 8.92. The number of rotatable bonds is 4. The largest absolute Gasteiger partial charge is 0.387 e. The molecular weight excluding hydrogens is 198 g/mol. The van der Waals surface area contributed by atoms with Gasteiger partial charge in [0.15, 0.2) is 0 Å². The highest BCUT2D eigenvalue weighted by atomic mass is 35.5. The molecule has 0 fully saturated rings. The van der Waals surface area contributed by atoms with Crippen molar-refractivity contribution >= 4 is 12.4 Å². The monoisotopic (exact) mass is 218 g/mol. The summed E-state index contributed by atoms with van der Waals surface area (Å²) in [6, 6.07) is 8.61. The Morgan fingerprint density at radius 2 is 2.07 bits per heavy atom. The second-order valence-corrected chi connectivity index (χ2v) is 3.01. The van der Waals surface area contributed by atoms with Gasteiger partial charge in [0, 0.05) is 10.2 Å². The molecule has 0 radical (unpaired) electrons. The standard InChI is InChI=1S/C11H17NO.ClH/c1-3-10(12-2)11(13)9-7-5-4-6-8-9;/h4-8,10-13H,3H2,1-2H3;1H/i2D3;. The van der Waals surface area contributed by atoms with E-state index in [1.165, 1.54) is 0 Å². The highest BCUT2D eigenvalue weighted by Gasteiger charge is 2.16. The summed E-state index contributed by atoms with van der Waals surface area (Å²) < 4.78 is 21.4. The Balaban J connectivity index is 0.00000256. The molecule has 80 valence electrons. The van der Waals surface area contributed by atoms with Crippen molar-refractivity contribution in [3.05, 3.63) is 35.9 Å². The van der Waals surface area contributed by atoms with Crippen molar-refractivity contribution in [2.75, 3.05) is 6.98 Å². The van der Waals surface area contributed by atoms with Gasteiger partial charge in [-0.05, 0) is 19.0 Å². The Morgan fingerprint density at radius 1 is 1.43 bits per heavy atom. The Morgan fingerprint density at radius 3 is 2.57 bits per heavy atom. The van der Waals surface area contributed by atoms with Crippen LogP contribution in [-0.2, 0) is 0 Å². The minimum absolute atomic E-state index is 0. The van der Waals surface area contributed by atoms with E-state index in [9.17, 15) is 5.11 Å². The molecule has 0 amide bonds. The van der Waals surface area contributed by atoms with Gasteiger partial charge in [0.25, 0.3) is 0 Å². The normalized spacial score (nSPS) is 18.3. The Kier molecular flexibility index (Phi) is 4.25. The zero-order chi connectivity index (χ0) is 12.2. The molecule has 2 nitrogen and oxygen atoms in total. The average molecular weight is 219 g/mol. The summed E-state index contributed by atoms with van der Waals surface area (Å²) in [6.45, 7) is -0.383. The van der Waals surface area contributed by atoms with E-state index in [2.05, 4.69) is 5.32 Å². The summed E-state index contributed by atoms with van der Waals surface area (Å²) in [7, 11) is 0. The molecule has 0 saturated heterocycles. The van der Waals surface area contributed by atoms with Crippen LogP contribution in [0, 0.1) is 0 Å². The first-order valence-electron chi connectivity index (χ1n) is 5.94. The van der Waals surface area contributed by atoms with Crippen LogP contribution in [-0.4, -0.2) is 18.1 Å². The zero-order valence-electron chi connectivity index (χ0n) is 11.1. The summed E-state index contributed by atoms with van der Waals surface area (Å²) in [4.78, 5) is 0. The van der Waals surface area contributed by atoms with Crippen LogP contribution in [0.2, 0.25) is 0 Å². The average Bonchev–Trinajstić information content (AvgIpc) is 2.25. The maximum atomic E-state index is 10.0. The molecule has 0 aliphatic heterocycles. The number of nitrogens with one attached hydrogen (secondary N) is 1. The van der Waals surface area contributed by atoms with Gasteiger partial charge >= 0.3 is 0 Å². The fraction of sp³-hybridized carbons (Fsp3) is 0.455. The van der Waals surface area contributed by atoms with Crippen molar-refractivity contribution in [2.45, 2.75) is 25.5 Å². The van der Waals surface area contributed by atoms with E-state index in [1.807, 2.05) is 25.1 Å². The van der Waals surface area contributed by atoms with E-state index < -0.39 is 19.1 Å². The second-order valence-electron chi connectivity index (χ2n) is 3.01. The molecule has 2 unspecified atom stereocenters. The summed E-state index contributed by atoms with van der Waals surface area (Å²) in [5.41, 5.74) is 0.728. The van der Waals surface area contributed by atoms with Crippen LogP contribution in [0.25, 0.3) is 0 Å². The van der Waals surface area contributed by atoms with Crippen molar-refractivity contribution in [1.82, 2.24) is 5.32 Å². The van der Waals surface area contributed by atoms with Gasteiger partial charge in [-0.25, -0.2) is 0 Å². The molecule has 14 heavy (non-hydrogen) atoms. The molecule has 0 heterocycles. The molecule has 1 aromatic carbocycles. The maximum absolute atomic E-state index is 10.0. The number of aliphatic hydroxyl groups is 1. The number of hydrogen-bond donors (Lipinski definition) is 2. The SMILES string of the molecule is Cl.[2H]C([2H])([2H])NC(CC)C(O)c1ccccc1. The molecule has 0 bridgehead atoms. The lowest BCUT2D eigenvalue weighted by atomic mass is 10.0. The van der Waals surface area contributed by atoms with Gasteiger partial charge in [-0.15, -0.1) is 12.4 Å². The maximum Gasteiger partial charge on any atom is 0.0942 e. The Bertz CT molecular complexity index is 318. The van der Waals surface area contributed by atoms with Crippen LogP contribution in [0.15, 0.2) is 30.3 Å². The Labute approximate surface area is 96.0 Å². The summed E-state index contributed by atoms with van der Waals surface area (Å²) >= 11 is 0. The minimum atomic E-state index is -2.23. The molecule has 1 rings (SSSR count). The van der Waals surface area contributed by atoms with Crippen molar-refractivity contribution in [2.24, 2.45) is 0 Å². The number of hydrogen-bond acceptors (Lipinski definition) is 2. The van der Waals surface area contributed by atoms with Gasteiger partial charge < -0.3 is 10.4 Å². The highest BCUT2D eigenvalue weighted by Crippen LogP contribution is 2.17. The van der Waals surface area contributed by atoms with Gasteiger partial charge in [-0.1, -0.05) is 37.3 Å². The van der Waals surface area contributed by atoms with Crippen LogP contribution < -0.4 is 5.32 Å². The first-order chi connectivity index (χ1) is 7.44. The van der Waals surface area contributed by atoms with Crippen LogP contribution >= 0.6 is 12.4 Å². The van der Waals surface area contributed by atoms with Crippen molar-refractivity contribution in [3.8, 4) is 0 Å². The van der Waals surface area contributed by atoms with Crippen LogP contribution in [0.5, 0.6) is 0 Å². The second kappa shape index (κ2) is 6.82. The topological polar surface area (TPSA) is 32.3 Å². The first kappa shape index (κ1) is 8.72. The fourth-order valence-electron chi connectivity index (χ4n) is 1.29. The molecule has 0 spiro atoms. The molecule has 2 N–H and O–H groups in total. The summed E-state index contributed by atoms with van der Waals surface area (Å²) in [6.07, 6.45) is -0.249. The smallest absolute Gasteiger partial charge is 0.0942 e. The number of aliphatic hydroxyl groups excluding tert-OH is 1. The van der Waals surface area contributed by atoms with E-state index >= 15 is 0 Å². The van der Waals surface area contributed by atoms with Crippen molar-refractivity contribution in [3.63, 3.8) is 0 Å². The predicted molar refractivity (Wildman–Crippen MR) is 61.8 cm³/mol. The lowest BCUT2D eigenvalue weighted by Crippen LogP contribution is -2.31. The third-order valence-electron chi connectivity index (χ3n) is 2.15. The van der Waals surface area contributed by atoms with Gasteiger partial charge in [-0.2, -0.15) is 0 Å². The molecular formula is C11H18ClNO. The third-order valence-corrected chi connectivity index (χ3v) is 2.15. The van der Waals surface area contributed by atoms with E-state index in [1.54, 1.807) is 12.1 Å². The molecule has 0 aliphatic carbocycles. The van der Waals surface area contributed by atoms with Crippen LogP contribution in [0.3, 0.4) is 0 Å². The van der Waals surface area contributed by atoms with E-state index in [-0.39, 0.29) is 12.4 Å². The van der Waals surface area contributed by atoms with Gasteiger partial charge in [0.2, 0.25) is 0 Å². The summed E-state index contributed by atoms with van der Waals surface area (Å²) in [5, 5.41) is 12.5. The van der Waals surface area contributed by atoms with Gasteiger partial charge in [0.1, 0.15) is 0 Å². The predicted octanol–water partition coefficient (Wildman–Crippen LogP) is 2.14. The minimum Gasteiger partial charge on any atom is -0.387 e. The number of benzene rings is 1. The molecule has 0 aliphatic rings. The number of likely N-dealkylation sites (N-methyl/N-ethyl adjacent to an activating group) is 1. The van der Waals surface area contributed by atoms with E-state index in [4.69, 9.17) is 4.11 Å². The van der Waals surface area contributed by atoms with E-state index in [0.717, 1.165) is 5.56 Å². The number of halogens is 1. The molecule has 0 aromatic heterocycles. The fourth-order valence-corrected chi connectivity index (χ4v) is 1.29. The quantitative estimate of drug-likeness (QED) is 0.812. The lowest BCUT2D eigenvalue weighted by molar-refractivity contribution is 0.130. The third kappa shape index (κ3) is 3.29. The first-order valence-corrected chi connectivity index (χ1v) is 4.44. The molecule has 0 saturated carbocycles. The van der Waals surface area contributed by atoms with Crippen molar-refractivity contribution < 1.29 is 9.22 Å². The summed E-state index contributed by atoms with van der Waals surface area (Å²) in [5.74, 6) is 0. The molecule has 2 atom stereocenters.